The molecule has 0 atom stereocenters. The van der Waals surface area contributed by atoms with E-state index in [1.54, 1.807) is 19.1 Å². The summed E-state index contributed by atoms with van der Waals surface area (Å²) in [7, 11) is 0. The maximum atomic E-state index is 12.7. The van der Waals surface area contributed by atoms with Crippen molar-refractivity contribution in [2.45, 2.75) is 20.8 Å². The Kier molecular flexibility index (Phi) is 4.98. The number of hydrogen-bond donors (Lipinski definition) is 2. The van der Waals surface area contributed by atoms with E-state index in [4.69, 9.17) is 14.2 Å². The van der Waals surface area contributed by atoms with Gasteiger partial charge in [-0.05, 0) is 50.6 Å². The van der Waals surface area contributed by atoms with Gasteiger partial charge in [0.25, 0.3) is 5.91 Å². The Morgan fingerprint density at radius 3 is 2.83 bits per heavy atom. The number of thiophene rings is 1. The number of benzene rings is 1. The van der Waals surface area contributed by atoms with Gasteiger partial charge in [0.05, 0.1) is 17.9 Å². The van der Waals surface area contributed by atoms with Gasteiger partial charge in [0.2, 0.25) is 6.79 Å². The highest BCUT2D eigenvalue weighted by atomic mass is 32.1. The average molecular weight is 413 g/mol. The van der Waals surface area contributed by atoms with Crippen molar-refractivity contribution >= 4 is 28.2 Å². The number of aromatic nitrogens is 2. The number of esters is 1. The molecule has 0 aliphatic carbocycles. The highest BCUT2D eigenvalue weighted by Crippen LogP contribution is 2.36. The lowest BCUT2D eigenvalue weighted by Crippen LogP contribution is -2.15. The number of ether oxygens (including phenoxy) is 3. The third-order valence-electron chi connectivity index (χ3n) is 4.58. The number of rotatable bonds is 5. The Morgan fingerprint density at radius 2 is 2.03 bits per heavy atom. The van der Waals surface area contributed by atoms with Crippen LogP contribution >= 0.6 is 11.3 Å². The zero-order chi connectivity index (χ0) is 20.5. The van der Waals surface area contributed by atoms with E-state index in [0.29, 0.717) is 27.8 Å². The largest absolute Gasteiger partial charge is 0.462 e. The molecule has 1 aliphatic heterocycles. The molecular formula is C20H19N3O5S. The fraction of sp³-hybridized carbons (Fsp3) is 0.250. The number of amides is 1. The summed E-state index contributed by atoms with van der Waals surface area (Å²) in [5.74, 6) is 0.476. The monoisotopic (exact) mass is 413 g/mol. The molecule has 2 N–H and O–H groups in total. The third kappa shape index (κ3) is 3.56. The number of anilines is 1. The SMILES string of the molecule is CCOC(=O)c1c(NC(=O)c2cc(-c3ccc4c(c3)OCO4)n[nH]2)sc(C)c1C. The minimum atomic E-state index is -0.449. The predicted molar refractivity (Wildman–Crippen MR) is 108 cm³/mol. The summed E-state index contributed by atoms with van der Waals surface area (Å²) in [5, 5.41) is 10.2. The quantitative estimate of drug-likeness (QED) is 0.615. The molecule has 150 valence electrons. The zero-order valence-electron chi connectivity index (χ0n) is 16.1. The molecule has 1 aliphatic rings. The van der Waals surface area contributed by atoms with E-state index >= 15 is 0 Å². The van der Waals surface area contributed by atoms with E-state index < -0.39 is 11.9 Å². The summed E-state index contributed by atoms with van der Waals surface area (Å²) in [6.07, 6.45) is 0. The number of fused-ring (bicyclic) bond motifs is 1. The second kappa shape index (κ2) is 7.59. The van der Waals surface area contributed by atoms with Crippen LogP contribution in [0.1, 0.15) is 38.2 Å². The van der Waals surface area contributed by atoms with E-state index in [1.807, 2.05) is 26.0 Å². The van der Waals surface area contributed by atoms with Crippen molar-refractivity contribution in [3.8, 4) is 22.8 Å². The molecule has 1 amide bonds. The molecule has 0 bridgehead atoms. The summed E-state index contributed by atoms with van der Waals surface area (Å²) in [5.41, 5.74) is 2.85. The van der Waals surface area contributed by atoms with E-state index in [0.717, 1.165) is 16.0 Å². The Hall–Kier alpha value is -3.33. The van der Waals surface area contributed by atoms with Crippen LogP contribution in [0.5, 0.6) is 11.5 Å². The first kappa shape index (κ1) is 19.0. The Labute approximate surface area is 170 Å². The van der Waals surface area contributed by atoms with Crippen LogP contribution in [0.25, 0.3) is 11.3 Å². The predicted octanol–water partition coefficient (Wildman–Crippen LogP) is 3.91. The van der Waals surface area contributed by atoms with Crippen LogP contribution in [0.15, 0.2) is 24.3 Å². The number of carbonyl (C=O) groups is 2. The van der Waals surface area contributed by atoms with E-state index in [2.05, 4.69) is 15.5 Å². The first-order valence-electron chi connectivity index (χ1n) is 9.01. The van der Waals surface area contributed by atoms with Gasteiger partial charge in [-0.25, -0.2) is 4.79 Å². The molecule has 1 aromatic carbocycles. The molecule has 0 unspecified atom stereocenters. The van der Waals surface area contributed by atoms with Crippen LogP contribution in [0.4, 0.5) is 5.00 Å². The van der Waals surface area contributed by atoms with Crippen molar-refractivity contribution in [3.63, 3.8) is 0 Å². The molecule has 9 heteroatoms. The maximum absolute atomic E-state index is 12.7. The molecule has 0 saturated heterocycles. The van der Waals surface area contributed by atoms with Gasteiger partial charge in [-0.3, -0.25) is 9.89 Å². The number of nitrogens with one attached hydrogen (secondary N) is 2. The summed E-state index contributed by atoms with van der Waals surface area (Å²) >= 11 is 1.34. The second-order valence-electron chi connectivity index (χ2n) is 6.40. The van der Waals surface area contributed by atoms with Crippen molar-refractivity contribution < 1.29 is 23.8 Å². The zero-order valence-corrected chi connectivity index (χ0v) is 16.9. The first-order chi connectivity index (χ1) is 14.0. The van der Waals surface area contributed by atoms with Crippen LogP contribution in [0, 0.1) is 13.8 Å². The number of hydrogen-bond acceptors (Lipinski definition) is 7. The van der Waals surface area contributed by atoms with Crippen molar-refractivity contribution in [2.24, 2.45) is 0 Å². The van der Waals surface area contributed by atoms with Crippen LogP contribution in [0.2, 0.25) is 0 Å². The van der Waals surface area contributed by atoms with Crippen LogP contribution in [0.3, 0.4) is 0 Å². The summed E-state index contributed by atoms with van der Waals surface area (Å²) in [6, 6.07) is 7.10. The lowest BCUT2D eigenvalue weighted by Gasteiger charge is -2.06. The van der Waals surface area contributed by atoms with E-state index in [-0.39, 0.29) is 19.1 Å². The van der Waals surface area contributed by atoms with Gasteiger partial charge >= 0.3 is 5.97 Å². The fourth-order valence-electron chi connectivity index (χ4n) is 2.98. The molecule has 3 aromatic rings. The number of aromatic amines is 1. The normalized spacial score (nSPS) is 12.1. The van der Waals surface area contributed by atoms with Crippen LogP contribution < -0.4 is 14.8 Å². The molecule has 2 aromatic heterocycles. The lowest BCUT2D eigenvalue weighted by atomic mass is 10.1. The van der Waals surface area contributed by atoms with Gasteiger partial charge in [-0.1, -0.05) is 0 Å². The molecule has 8 nitrogen and oxygen atoms in total. The maximum Gasteiger partial charge on any atom is 0.341 e. The van der Waals surface area contributed by atoms with Gasteiger partial charge < -0.3 is 19.5 Å². The fourth-order valence-corrected chi connectivity index (χ4v) is 4.02. The molecule has 4 rings (SSSR count). The smallest absolute Gasteiger partial charge is 0.341 e. The number of carbonyl (C=O) groups excluding carboxylic acids is 2. The standard InChI is InChI=1S/C20H19N3O5S/c1-4-26-20(25)17-10(2)11(3)29-19(17)21-18(24)14-8-13(22-23-14)12-5-6-15-16(7-12)28-9-27-15/h5-8H,4,9H2,1-3H3,(H,21,24)(H,22,23). The molecule has 0 saturated carbocycles. The number of nitrogens with zero attached hydrogens (tertiary/aromatic N) is 1. The van der Waals surface area contributed by atoms with Crippen LogP contribution in [-0.4, -0.2) is 35.5 Å². The van der Waals surface area contributed by atoms with E-state index in [9.17, 15) is 9.59 Å². The summed E-state index contributed by atoms with van der Waals surface area (Å²) in [4.78, 5) is 26.0. The van der Waals surface area contributed by atoms with Gasteiger partial charge in [-0.2, -0.15) is 5.10 Å². The molecule has 3 heterocycles. The van der Waals surface area contributed by atoms with Crippen molar-refractivity contribution in [1.29, 1.82) is 0 Å². The molecule has 0 spiro atoms. The highest BCUT2D eigenvalue weighted by Gasteiger charge is 2.23. The Morgan fingerprint density at radius 1 is 1.24 bits per heavy atom. The third-order valence-corrected chi connectivity index (χ3v) is 5.71. The second-order valence-corrected chi connectivity index (χ2v) is 7.62. The van der Waals surface area contributed by atoms with Gasteiger partial charge in [-0.15, -0.1) is 11.3 Å². The number of aryl methyl sites for hydroxylation is 1. The van der Waals surface area contributed by atoms with Crippen molar-refractivity contribution in [3.05, 3.63) is 46.0 Å². The van der Waals surface area contributed by atoms with Gasteiger partial charge in [0.15, 0.2) is 11.5 Å². The summed E-state index contributed by atoms with van der Waals surface area (Å²) in [6.45, 7) is 5.93. The number of H-pyrrole nitrogens is 1. The molecule has 29 heavy (non-hydrogen) atoms. The van der Waals surface area contributed by atoms with E-state index in [1.165, 1.54) is 11.3 Å². The molecule has 0 radical (unpaired) electrons. The highest BCUT2D eigenvalue weighted by molar-refractivity contribution is 7.16. The topological polar surface area (TPSA) is 103 Å². The molecule has 0 fully saturated rings. The van der Waals surface area contributed by atoms with Gasteiger partial charge in [0, 0.05) is 10.4 Å². The average Bonchev–Trinajstić information content (AvgIpc) is 3.41. The first-order valence-corrected chi connectivity index (χ1v) is 9.83. The van der Waals surface area contributed by atoms with Crippen molar-refractivity contribution in [2.75, 3.05) is 18.7 Å². The lowest BCUT2D eigenvalue weighted by molar-refractivity contribution is 0.0527. The Bertz CT molecular complexity index is 1100. The minimum absolute atomic E-state index is 0.190. The van der Waals surface area contributed by atoms with Gasteiger partial charge in [0.1, 0.15) is 10.7 Å². The minimum Gasteiger partial charge on any atom is -0.462 e. The molecular weight excluding hydrogens is 394 g/mol. The summed E-state index contributed by atoms with van der Waals surface area (Å²) < 4.78 is 15.8. The Balaban J connectivity index is 1.56. The van der Waals surface area contributed by atoms with Crippen LogP contribution in [-0.2, 0) is 4.74 Å². The van der Waals surface area contributed by atoms with Crippen molar-refractivity contribution in [1.82, 2.24) is 10.2 Å².